The predicted octanol–water partition coefficient (Wildman–Crippen LogP) is 0.00932. The van der Waals surface area contributed by atoms with Gasteiger partial charge in [-0.15, -0.1) is 0 Å². The molecule has 2 aliphatic heterocycles. The van der Waals surface area contributed by atoms with Gasteiger partial charge in [0.2, 0.25) is 10.0 Å². The van der Waals surface area contributed by atoms with Gasteiger partial charge < -0.3 is 14.2 Å². The number of rotatable bonds is 4. The molecule has 0 spiro atoms. The number of piperidine rings is 1. The molecule has 0 aromatic carbocycles. The molecule has 1 N–H and O–H groups in total. The summed E-state index contributed by atoms with van der Waals surface area (Å²) < 4.78 is 35.6. The molecule has 128 valence electrons. The van der Waals surface area contributed by atoms with Gasteiger partial charge in [-0.3, -0.25) is 4.79 Å². The maximum Gasteiger partial charge on any atom is 0.259 e. The van der Waals surface area contributed by atoms with E-state index in [0.717, 1.165) is 12.7 Å². The van der Waals surface area contributed by atoms with Crippen molar-refractivity contribution < 1.29 is 22.5 Å². The van der Waals surface area contributed by atoms with Crippen LogP contribution >= 0.6 is 0 Å². The highest BCUT2D eigenvalue weighted by atomic mass is 32.2. The van der Waals surface area contributed by atoms with E-state index >= 15 is 0 Å². The van der Waals surface area contributed by atoms with E-state index in [1.807, 2.05) is 0 Å². The molecular formula is C14H21N3O5S. The lowest BCUT2D eigenvalue weighted by Gasteiger charge is -2.35. The number of aryl methyl sites for hydroxylation is 1. The van der Waals surface area contributed by atoms with E-state index in [-0.39, 0.29) is 23.8 Å². The molecule has 1 amide bonds. The van der Waals surface area contributed by atoms with Crippen molar-refractivity contribution in [2.45, 2.75) is 19.4 Å². The number of ether oxygens (including phenoxy) is 1. The van der Waals surface area contributed by atoms with Gasteiger partial charge in [-0.1, -0.05) is 5.16 Å². The smallest absolute Gasteiger partial charge is 0.259 e. The van der Waals surface area contributed by atoms with Crippen LogP contribution in [0, 0.1) is 18.8 Å². The van der Waals surface area contributed by atoms with Crippen molar-refractivity contribution in [2.24, 2.45) is 11.8 Å². The molecule has 3 rings (SSSR count). The second kappa shape index (κ2) is 6.21. The first-order valence-electron chi connectivity index (χ1n) is 7.62. The number of carbonyl (C=O) groups is 1. The second-order valence-electron chi connectivity index (χ2n) is 6.25. The topological polar surface area (TPSA) is 102 Å². The first-order valence-corrected chi connectivity index (χ1v) is 9.51. The van der Waals surface area contributed by atoms with E-state index in [9.17, 15) is 13.2 Å². The Labute approximate surface area is 135 Å². The summed E-state index contributed by atoms with van der Waals surface area (Å²) in [7, 11) is -3.22. The van der Waals surface area contributed by atoms with Crippen molar-refractivity contribution in [3.8, 4) is 0 Å². The molecule has 0 bridgehead atoms. The normalized spacial score (nSPS) is 27.9. The number of nitrogens with zero attached hydrogens (tertiary/aromatic N) is 2. The Kier molecular flexibility index (Phi) is 4.43. The van der Waals surface area contributed by atoms with E-state index in [2.05, 4.69) is 9.88 Å². The standard InChI is InChI=1S/C14H21N3O5S/c1-9-12(5-15-22-9)14(18)17-4-3-11-10(7-17)8-21-13(11)6-16-23(2,19)20/h5,10-11,13,16H,3-4,6-8H2,1-2H3/t10-,11-,13+/m1/s1. The van der Waals surface area contributed by atoms with Crippen molar-refractivity contribution in [3.63, 3.8) is 0 Å². The fraction of sp³-hybridized carbons (Fsp3) is 0.714. The third kappa shape index (κ3) is 3.56. The molecule has 3 heterocycles. The lowest BCUT2D eigenvalue weighted by atomic mass is 9.84. The fourth-order valence-corrected chi connectivity index (χ4v) is 3.86. The molecule has 0 radical (unpaired) electrons. The summed E-state index contributed by atoms with van der Waals surface area (Å²) in [6.45, 7) is 3.80. The Morgan fingerprint density at radius 2 is 2.30 bits per heavy atom. The summed E-state index contributed by atoms with van der Waals surface area (Å²) in [6.07, 6.45) is 3.27. The summed E-state index contributed by atoms with van der Waals surface area (Å²) in [5.41, 5.74) is 0.498. The number of sulfonamides is 1. The molecular weight excluding hydrogens is 322 g/mol. The van der Waals surface area contributed by atoms with Crippen molar-refractivity contribution in [2.75, 3.05) is 32.5 Å². The molecule has 0 aliphatic carbocycles. The molecule has 2 fully saturated rings. The van der Waals surface area contributed by atoms with Gasteiger partial charge in [0.1, 0.15) is 11.3 Å². The van der Waals surface area contributed by atoms with E-state index in [1.54, 1.807) is 11.8 Å². The van der Waals surface area contributed by atoms with Crippen LogP contribution in [0.15, 0.2) is 10.7 Å². The van der Waals surface area contributed by atoms with Crippen LogP contribution in [-0.4, -0.2) is 63.0 Å². The molecule has 2 aliphatic rings. The first-order chi connectivity index (χ1) is 10.8. The number of nitrogens with one attached hydrogen (secondary N) is 1. The monoisotopic (exact) mass is 343 g/mol. The minimum absolute atomic E-state index is 0.0695. The van der Waals surface area contributed by atoms with Gasteiger partial charge in [0.05, 0.1) is 25.2 Å². The molecule has 0 unspecified atom stereocenters. The molecule has 9 heteroatoms. The zero-order valence-corrected chi connectivity index (χ0v) is 14.0. The second-order valence-corrected chi connectivity index (χ2v) is 8.08. The van der Waals surface area contributed by atoms with Crippen LogP contribution in [-0.2, 0) is 14.8 Å². The van der Waals surface area contributed by atoms with Gasteiger partial charge in [0.15, 0.2) is 0 Å². The maximum absolute atomic E-state index is 12.5. The number of hydrogen-bond donors (Lipinski definition) is 1. The number of aromatic nitrogens is 1. The molecule has 3 atom stereocenters. The zero-order valence-electron chi connectivity index (χ0n) is 13.2. The number of hydrogen-bond acceptors (Lipinski definition) is 6. The zero-order chi connectivity index (χ0) is 16.6. The molecule has 1 aromatic heterocycles. The van der Waals surface area contributed by atoms with E-state index in [1.165, 1.54) is 6.20 Å². The fourth-order valence-electron chi connectivity index (χ4n) is 3.39. The van der Waals surface area contributed by atoms with Crippen molar-refractivity contribution in [1.82, 2.24) is 14.8 Å². The summed E-state index contributed by atoms with van der Waals surface area (Å²) in [6, 6.07) is 0. The molecule has 1 aromatic rings. The average Bonchev–Trinajstić information content (AvgIpc) is 3.09. The third-order valence-corrected chi connectivity index (χ3v) is 5.30. The summed E-state index contributed by atoms with van der Waals surface area (Å²) in [5, 5.41) is 3.65. The quantitative estimate of drug-likeness (QED) is 0.826. The molecule has 0 saturated carbocycles. The Balaban J connectivity index is 1.60. The average molecular weight is 343 g/mol. The van der Waals surface area contributed by atoms with E-state index < -0.39 is 10.0 Å². The van der Waals surface area contributed by atoms with Crippen LogP contribution < -0.4 is 4.72 Å². The highest BCUT2D eigenvalue weighted by Gasteiger charge is 2.42. The highest BCUT2D eigenvalue weighted by Crippen LogP contribution is 2.34. The van der Waals surface area contributed by atoms with Crippen LogP contribution in [0.4, 0.5) is 0 Å². The lowest BCUT2D eigenvalue weighted by molar-refractivity contribution is 0.0615. The van der Waals surface area contributed by atoms with Gasteiger partial charge in [0.25, 0.3) is 5.91 Å². The largest absolute Gasteiger partial charge is 0.376 e. The van der Waals surface area contributed by atoms with Gasteiger partial charge >= 0.3 is 0 Å². The molecule has 23 heavy (non-hydrogen) atoms. The number of fused-ring (bicyclic) bond motifs is 1. The molecule has 8 nitrogen and oxygen atoms in total. The van der Waals surface area contributed by atoms with Crippen LogP contribution in [0.25, 0.3) is 0 Å². The maximum atomic E-state index is 12.5. The summed E-state index contributed by atoms with van der Waals surface area (Å²) in [4.78, 5) is 14.3. The van der Waals surface area contributed by atoms with Crippen LogP contribution in [0.3, 0.4) is 0 Å². The third-order valence-electron chi connectivity index (χ3n) is 4.61. The summed E-state index contributed by atoms with van der Waals surface area (Å²) in [5.74, 6) is 0.964. The minimum atomic E-state index is -3.22. The van der Waals surface area contributed by atoms with Gasteiger partial charge in [-0.2, -0.15) is 0 Å². The van der Waals surface area contributed by atoms with Crippen molar-refractivity contribution in [3.05, 3.63) is 17.5 Å². The van der Waals surface area contributed by atoms with Crippen molar-refractivity contribution in [1.29, 1.82) is 0 Å². The van der Waals surface area contributed by atoms with Crippen LogP contribution in [0.2, 0.25) is 0 Å². The number of carbonyl (C=O) groups excluding carboxylic acids is 1. The van der Waals surface area contributed by atoms with Gasteiger partial charge in [0, 0.05) is 25.6 Å². The Morgan fingerprint density at radius 3 is 2.96 bits per heavy atom. The molecule has 2 saturated heterocycles. The van der Waals surface area contributed by atoms with Crippen LogP contribution in [0.1, 0.15) is 22.5 Å². The predicted molar refractivity (Wildman–Crippen MR) is 81.3 cm³/mol. The van der Waals surface area contributed by atoms with Gasteiger partial charge in [-0.05, 0) is 19.3 Å². The summed E-state index contributed by atoms with van der Waals surface area (Å²) >= 11 is 0. The SMILES string of the molecule is Cc1oncc1C(=O)N1CC[C@@H]2[C@@H](CO[C@H]2CNS(C)(=O)=O)C1. The minimum Gasteiger partial charge on any atom is -0.376 e. The Bertz CT molecular complexity index is 686. The van der Waals surface area contributed by atoms with Gasteiger partial charge in [-0.25, -0.2) is 13.1 Å². The highest BCUT2D eigenvalue weighted by molar-refractivity contribution is 7.88. The Morgan fingerprint density at radius 1 is 1.52 bits per heavy atom. The van der Waals surface area contributed by atoms with Crippen molar-refractivity contribution >= 4 is 15.9 Å². The lowest BCUT2D eigenvalue weighted by Crippen LogP contribution is -2.46. The Hall–Kier alpha value is -1.45. The van der Waals surface area contributed by atoms with E-state index in [4.69, 9.17) is 9.26 Å². The van der Waals surface area contributed by atoms with Crippen LogP contribution in [0.5, 0.6) is 0 Å². The number of likely N-dealkylation sites (tertiary alicyclic amines) is 1. The number of amides is 1. The first kappa shape index (κ1) is 16.4. The van der Waals surface area contributed by atoms with E-state index in [0.29, 0.717) is 37.6 Å².